The average molecular weight is 393 g/mol. The van der Waals surface area contributed by atoms with Crippen molar-refractivity contribution in [2.75, 3.05) is 13.1 Å². The van der Waals surface area contributed by atoms with E-state index in [-0.39, 0.29) is 23.9 Å². The Bertz CT molecular complexity index is 776. The maximum absolute atomic E-state index is 12.5. The van der Waals surface area contributed by atoms with Crippen LogP contribution in [0, 0.1) is 5.92 Å². The standard InChI is InChI=1S/C20H22F3N3O2/c21-20(22,23)28-18-6-2-1-5-17(18)14-25-19(27)26-10-7-15(8-11-26)12-16-4-3-9-24-13-16/h1-6,9,13,15H,7-8,10-12,14H2,(H,25,27). The first-order valence-corrected chi connectivity index (χ1v) is 9.16. The average Bonchev–Trinajstić information content (AvgIpc) is 2.67. The molecule has 2 amide bonds. The summed E-state index contributed by atoms with van der Waals surface area (Å²) in [6.45, 7) is 1.22. The van der Waals surface area contributed by atoms with Gasteiger partial charge in [-0.3, -0.25) is 4.98 Å². The Morgan fingerprint density at radius 1 is 1.18 bits per heavy atom. The fourth-order valence-electron chi connectivity index (χ4n) is 3.35. The number of urea groups is 1. The van der Waals surface area contributed by atoms with Crippen molar-refractivity contribution in [3.8, 4) is 5.75 Å². The van der Waals surface area contributed by atoms with Crippen molar-refractivity contribution in [1.82, 2.24) is 15.2 Å². The number of rotatable bonds is 5. The predicted octanol–water partition coefficient (Wildman–Crippen LogP) is 4.14. The number of piperidine rings is 1. The molecule has 1 saturated heterocycles. The molecule has 0 saturated carbocycles. The first-order valence-electron chi connectivity index (χ1n) is 9.16. The van der Waals surface area contributed by atoms with Gasteiger partial charge in [0.2, 0.25) is 0 Å². The van der Waals surface area contributed by atoms with E-state index in [1.54, 1.807) is 17.2 Å². The van der Waals surface area contributed by atoms with Gasteiger partial charge in [0.1, 0.15) is 5.75 Å². The first kappa shape index (κ1) is 20.0. The monoisotopic (exact) mass is 393 g/mol. The number of nitrogens with zero attached hydrogens (tertiary/aromatic N) is 2. The van der Waals surface area contributed by atoms with Gasteiger partial charge in [-0.15, -0.1) is 13.2 Å². The number of para-hydroxylation sites is 1. The van der Waals surface area contributed by atoms with Crippen molar-refractivity contribution in [2.45, 2.75) is 32.2 Å². The molecule has 0 radical (unpaired) electrons. The maximum atomic E-state index is 12.5. The van der Waals surface area contributed by atoms with Crippen LogP contribution in [-0.4, -0.2) is 35.4 Å². The van der Waals surface area contributed by atoms with Gasteiger partial charge in [-0.05, 0) is 42.9 Å². The van der Waals surface area contributed by atoms with Gasteiger partial charge in [0.15, 0.2) is 0 Å². The highest BCUT2D eigenvalue weighted by Crippen LogP contribution is 2.26. The molecule has 1 aliphatic heterocycles. The number of benzene rings is 1. The molecule has 1 N–H and O–H groups in total. The summed E-state index contributed by atoms with van der Waals surface area (Å²) in [4.78, 5) is 18.2. The zero-order chi connectivity index (χ0) is 20.0. The van der Waals surface area contributed by atoms with E-state index in [4.69, 9.17) is 0 Å². The third-order valence-corrected chi connectivity index (χ3v) is 4.78. The molecular formula is C20H22F3N3O2. The van der Waals surface area contributed by atoms with Crippen molar-refractivity contribution < 1.29 is 22.7 Å². The molecule has 2 heterocycles. The van der Waals surface area contributed by atoms with Gasteiger partial charge in [0, 0.05) is 37.6 Å². The summed E-state index contributed by atoms with van der Waals surface area (Å²) in [5.74, 6) is 0.194. The molecule has 0 atom stereocenters. The Labute approximate surface area is 161 Å². The Balaban J connectivity index is 1.48. The number of halogens is 3. The fourth-order valence-corrected chi connectivity index (χ4v) is 3.35. The molecule has 0 spiro atoms. The number of hydrogen-bond donors (Lipinski definition) is 1. The smallest absolute Gasteiger partial charge is 0.405 e. The number of carbonyl (C=O) groups excluding carboxylic acids is 1. The number of amides is 2. The third kappa shape index (κ3) is 5.87. The molecular weight excluding hydrogens is 371 g/mol. The number of aromatic nitrogens is 1. The highest BCUT2D eigenvalue weighted by Gasteiger charge is 2.32. The van der Waals surface area contributed by atoms with Gasteiger partial charge < -0.3 is 15.0 Å². The minimum absolute atomic E-state index is 0.0271. The summed E-state index contributed by atoms with van der Waals surface area (Å²) in [5, 5.41) is 2.69. The number of carbonyl (C=O) groups is 1. The van der Waals surface area contributed by atoms with Crippen LogP contribution in [0.5, 0.6) is 5.75 Å². The van der Waals surface area contributed by atoms with E-state index in [1.807, 2.05) is 18.3 Å². The lowest BCUT2D eigenvalue weighted by Gasteiger charge is -2.32. The lowest BCUT2D eigenvalue weighted by atomic mass is 9.91. The number of hydrogen-bond acceptors (Lipinski definition) is 3. The summed E-state index contributed by atoms with van der Waals surface area (Å²) in [6.07, 6.45) is 1.54. The van der Waals surface area contributed by atoms with Crippen LogP contribution in [0.3, 0.4) is 0 Å². The predicted molar refractivity (Wildman–Crippen MR) is 97.6 cm³/mol. The van der Waals surface area contributed by atoms with E-state index in [2.05, 4.69) is 15.0 Å². The van der Waals surface area contributed by atoms with Crippen LogP contribution in [-0.2, 0) is 13.0 Å². The maximum Gasteiger partial charge on any atom is 0.573 e. The SMILES string of the molecule is O=C(NCc1ccccc1OC(F)(F)F)N1CCC(Cc2cccnc2)CC1. The molecule has 5 nitrogen and oxygen atoms in total. The lowest BCUT2D eigenvalue weighted by molar-refractivity contribution is -0.274. The molecule has 8 heteroatoms. The van der Waals surface area contributed by atoms with Crippen LogP contribution < -0.4 is 10.1 Å². The number of likely N-dealkylation sites (tertiary alicyclic amines) is 1. The zero-order valence-electron chi connectivity index (χ0n) is 15.3. The molecule has 1 aliphatic rings. The molecule has 1 aromatic carbocycles. The van der Waals surface area contributed by atoms with Crippen molar-refractivity contribution in [3.05, 3.63) is 59.9 Å². The number of nitrogens with one attached hydrogen (secondary N) is 1. The van der Waals surface area contributed by atoms with Crippen molar-refractivity contribution in [3.63, 3.8) is 0 Å². The quantitative estimate of drug-likeness (QED) is 0.831. The Morgan fingerprint density at radius 2 is 1.93 bits per heavy atom. The summed E-state index contributed by atoms with van der Waals surface area (Å²) >= 11 is 0. The van der Waals surface area contributed by atoms with E-state index in [0.717, 1.165) is 19.3 Å². The normalized spacial score (nSPS) is 15.3. The molecule has 0 aliphatic carbocycles. The van der Waals surface area contributed by atoms with Gasteiger partial charge in [-0.1, -0.05) is 24.3 Å². The van der Waals surface area contributed by atoms with Crippen LogP contribution in [0.15, 0.2) is 48.8 Å². The molecule has 0 bridgehead atoms. The van der Waals surface area contributed by atoms with Gasteiger partial charge in [-0.25, -0.2) is 4.79 Å². The highest BCUT2D eigenvalue weighted by molar-refractivity contribution is 5.74. The molecule has 150 valence electrons. The van der Waals surface area contributed by atoms with Gasteiger partial charge in [0.05, 0.1) is 0 Å². The molecule has 28 heavy (non-hydrogen) atoms. The van der Waals surface area contributed by atoms with E-state index in [0.29, 0.717) is 19.0 Å². The number of alkyl halides is 3. The summed E-state index contributed by atoms with van der Waals surface area (Å²) < 4.78 is 41.5. The van der Waals surface area contributed by atoms with Crippen LogP contribution >= 0.6 is 0 Å². The second kappa shape index (κ2) is 8.95. The van der Waals surface area contributed by atoms with Gasteiger partial charge in [0.25, 0.3) is 0 Å². The molecule has 0 unspecified atom stereocenters. The van der Waals surface area contributed by atoms with Crippen LogP contribution in [0.25, 0.3) is 0 Å². The van der Waals surface area contributed by atoms with E-state index < -0.39 is 6.36 Å². The van der Waals surface area contributed by atoms with Gasteiger partial charge >= 0.3 is 12.4 Å². The van der Waals surface area contributed by atoms with Crippen molar-refractivity contribution >= 4 is 6.03 Å². The van der Waals surface area contributed by atoms with Crippen molar-refractivity contribution in [1.29, 1.82) is 0 Å². The second-order valence-electron chi connectivity index (χ2n) is 6.81. The molecule has 3 rings (SSSR count). The molecule has 1 fully saturated rings. The fraction of sp³-hybridized carbons (Fsp3) is 0.400. The molecule has 1 aromatic heterocycles. The largest absolute Gasteiger partial charge is 0.573 e. The third-order valence-electron chi connectivity index (χ3n) is 4.78. The Morgan fingerprint density at radius 3 is 2.61 bits per heavy atom. The highest BCUT2D eigenvalue weighted by atomic mass is 19.4. The minimum atomic E-state index is -4.77. The van der Waals surface area contributed by atoms with Crippen LogP contribution in [0.1, 0.15) is 24.0 Å². The van der Waals surface area contributed by atoms with E-state index in [1.165, 1.54) is 23.8 Å². The first-order chi connectivity index (χ1) is 13.4. The summed E-state index contributed by atoms with van der Waals surface area (Å²) in [6, 6.07) is 9.49. The zero-order valence-corrected chi connectivity index (χ0v) is 15.3. The van der Waals surface area contributed by atoms with Crippen molar-refractivity contribution in [2.24, 2.45) is 5.92 Å². The lowest BCUT2D eigenvalue weighted by Crippen LogP contribution is -2.44. The van der Waals surface area contributed by atoms with Crippen LogP contribution in [0.4, 0.5) is 18.0 Å². The Hall–Kier alpha value is -2.77. The van der Waals surface area contributed by atoms with Crippen LogP contribution in [0.2, 0.25) is 0 Å². The number of ether oxygens (including phenoxy) is 1. The summed E-state index contributed by atoms with van der Waals surface area (Å²) in [7, 11) is 0. The van der Waals surface area contributed by atoms with Gasteiger partial charge in [-0.2, -0.15) is 0 Å². The van der Waals surface area contributed by atoms with E-state index >= 15 is 0 Å². The topological polar surface area (TPSA) is 54.5 Å². The molecule has 2 aromatic rings. The second-order valence-corrected chi connectivity index (χ2v) is 6.81. The Kier molecular flexibility index (Phi) is 6.38. The van der Waals surface area contributed by atoms with E-state index in [9.17, 15) is 18.0 Å². The minimum Gasteiger partial charge on any atom is -0.405 e. The summed E-state index contributed by atoms with van der Waals surface area (Å²) in [5.41, 5.74) is 1.46. The number of pyridine rings is 1.